The Bertz CT molecular complexity index is 821. The monoisotopic (exact) mass is 470 g/mol. The topological polar surface area (TPSA) is 88.1 Å². The van der Waals surface area contributed by atoms with E-state index in [4.69, 9.17) is 18.9 Å². The van der Waals surface area contributed by atoms with Gasteiger partial charge in [0.15, 0.2) is 0 Å². The van der Waals surface area contributed by atoms with E-state index in [1.165, 1.54) is 0 Å². The number of esters is 3. The van der Waals surface area contributed by atoms with E-state index in [1.54, 1.807) is 0 Å². The molecule has 5 unspecified atom stereocenters. The first kappa shape index (κ1) is 23.0. The quantitative estimate of drug-likeness (QED) is 0.415. The zero-order valence-corrected chi connectivity index (χ0v) is 19.1. The number of carbonyl (C=O) groups is 3. The van der Waals surface area contributed by atoms with Crippen molar-refractivity contribution in [3.63, 3.8) is 0 Å². The van der Waals surface area contributed by atoms with E-state index in [-0.39, 0.29) is 36.4 Å². The molecule has 6 bridgehead atoms. The number of rotatable bonds is 7. The Morgan fingerprint density at radius 3 is 2.45 bits per heavy atom. The zero-order valence-electron chi connectivity index (χ0n) is 19.1. The van der Waals surface area contributed by atoms with Crippen LogP contribution in [0.2, 0.25) is 0 Å². The van der Waals surface area contributed by atoms with Gasteiger partial charge in [0, 0.05) is 25.2 Å². The third-order valence-electron chi connectivity index (χ3n) is 8.82. The third-order valence-corrected chi connectivity index (χ3v) is 8.82. The van der Waals surface area contributed by atoms with Crippen LogP contribution in [0.4, 0.5) is 8.78 Å². The largest absolute Gasteiger partial charge is 0.458 e. The molecule has 6 fully saturated rings. The highest BCUT2D eigenvalue weighted by Crippen LogP contribution is 2.63. The predicted octanol–water partition coefficient (Wildman–Crippen LogP) is 3.57. The van der Waals surface area contributed by atoms with E-state index < -0.39 is 35.2 Å². The highest BCUT2D eigenvalue weighted by molar-refractivity contribution is 5.77. The zero-order chi connectivity index (χ0) is 23.6. The van der Waals surface area contributed by atoms with E-state index >= 15 is 0 Å². The van der Waals surface area contributed by atoms with E-state index in [2.05, 4.69) is 0 Å². The predicted molar refractivity (Wildman–Crippen MR) is 109 cm³/mol. The van der Waals surface area contributed by atoms with Gasteiger partial charge in [0.25, 0.3) is 0 Å². The number of hydrogen-bond acceptors (Lipinski definition) is 7. The second-order valence-electron chi connectivity index (χ2n) is 10.9. The lowest BCUT2D eigenvalue weighted by molar-refractivity contribution is -0.262. The van der Waals surface area contributed by atoms with Crippen molar-refractivity contribution >= 4 is 17.9 Å². The summed E-state index contributed by atoms with van der Waals surface area (Å²) in [6.07, 6.45) is 5.17. The molecule has 0 spiro atoms. The van der Waals surface area contributed by atoms with Crippen LogP contribution < -0.4 is 0 Å². The number of hydrogen-bond donors (Lipinski definition) is 0. The molecule has 6 rings (SSSR count). The van der Waals surface area contributed by atoms with Gasteiger partial charge in [-0.1, -0.05) is 6.92 Å². The van der Waals surface area contributed by atoms with Crippen molar-refractivity contribution < 1.29 is 42.1 Å². The molecule has 7 nitrogen and oxygen atoms in total. The van der Waals surface area contributed by atoms with Crippen LogP contribution in [0.15, 0.2) is 0 Å². The number of fused-ring (bicyclic) bond motifs is 2. The van der Waals surface area contributed by atoms with Crippen LogP contribution in [-0.4, -0.2) is 53.8 Å². The van der Waals surface area contributed by atoms with E-state index in [0.29, 0.717) is 51.4 Å². The van der Waals surface area contributed by atoms with Gasteiger partial charge in [0.05, 0.1) is 11.5 Å². The summed E-state index contributed by atoms with van der Waals surface area (Å²) >= 11 is 0. The number of alkyl halides is 2. The molecule has 1 saturated heterocycles. The molecule has 1 aliphatic heterocycles. The van der Waals surface area contributed by atoms with Gasteiger partial charge in [0.2, 0.25) is 0 Å². The lowest BCUT2D eigenvalue weighted by atomic mass is 9.47. The summed E-state index contributed by atoms with van der Waals surface area (Å²) in [4.78, 5) is 36.4. The molecule has 0 amide bonds. The SMILES string of the molecule is CCC1(OC(=O)C(C)(F)F)C2CC3CC1CC(OCC(=O)OC1CCC4CC1OC4=O)(C3)C2. The van der Waals surface area contributed by atoms with Gasteiger partial charge >= 0.3 is 23.8 Å². The van der Waals surface area contributed by atoms with Crippen LogP contribution >= 0.6 is 0 Å². The molecule has 33 heavy (non-hydrogen) atoms. The summed E-state index contributed by atoms with van der Waals surface area (Å²) in [6, 6.07) is 0. The Hall–Kier alpha value is -1.77. The minimum atomic E-state index is -3.53. The summed E-state index contributed by atoms with van der Waals surface area (Å²) in [5.74, 6) is -5.51. The van der Waals surface area contributed by atoms with Crippen LogP contribution in [0.5, 0.6) is 0 Å². The summed E-state index contributed by atoms with van der Waals surface area (Å²) in [5.41, 5.74) is -1.42. The van der Waals surface area contributed by atoms with Gasteiger partial charge in [-0.25, -0.2) is 9.59 Å². The number of carbonyl (C=O) groups excluding carboxylic acids is 3. The van der Waals surface area contributed by atoms with Gasteiger partial charge in [0.1, 0.15) is 24.4 Å². The van der Waals surface area contributed by atoms with Gasteiger partial charge in [-0.15, -0.1) is 0 Å². The summed E-state index contributed by atoms with van der Waals surface area (Å²) in [7, 11) is 0. The average Bonchev–Trinajstić information content (AvgIpc) is 3.05. The molecular weight excluding hydrogens is 438 g/mol. The highest BCUT2D eigenvalue weighted by Gasteiger charge is 2.64. The van der Waals surface area contributed by atoms with Crippen molar-refractivity contribution in [1.82, 2.24) is 0 Å². The lowest BCUT2D eigenvalue weighted by Gasteiger charge is -2.64. The molecule has 184 valence electrons. The average molecular weight is 471 g/mol. The Balaban J connectivity index is 1.22. The van der Waals surface area contributed by atoms with Crippen molar-refractivity contribution in [3.05, 3.63) is 0 Å². The molecule has 1 heterocycles. The Labute approximate surface area is 191 Å². The van der Waals surface area contributed by atoms with Crippen molar-refractivity contribution in [2.75, 3.05) is 6.61 Å². The van der Waals surface area contributed by atoms with Crippen LogP contribution in [-0.2, 0) is 33.3 Å². The molecule has 6 aliphatic rings. The lowest BCUT2D eigenvalue weighted by Crippen LogP contribution is -2.66. The normalized spacial score (nSPS) is 43.3. The minimum Gasteiger partial charge on any atom is -0.458 e. The first-order valence-electron chi connectivity index (χ1n) is 12.2. The molecule has 5 saturated carbocycles. The van der Waals surface area contributed by atoms with Crippen molar-refractivity contribution in [3.8, 4) is 0 Å². The molecule has 0 radical (unpaired) electrons. The third kappa shape index (κ3) is 3.94. The molecular formula is C24H32F2O7. The van der Waals surface area contributed by atoms with Gasteiger partial charge in [-0.3, -0.25) is 4.79 Å². The maximum absolute atomic E-state index is 13.6. The Kier molecular flexibility index (Phi) is 5.49. The van der Waals surface area contributed by atoms with E-state index in [9.17, 15) is 23.2 Å². The smallest absolute Gasteiger partial charge is 0.377 e. The minimum absolute atomic E-state index is 0.0655. The molecule has 0 aromatic carbocycles. The van der Waals surface area contributed by atoms with Crippen LogP contribution in [0.3, 0.4) is 0 Å². The first-order valence-corrected chi connectivity index (χ1v) is 12.2. The van der Waals surface area contributed by atoms with Crippen molar-refractivity contribution in [2.24, 2.45) is 23.7 Å². The van der Waals surface area contributed by atoms with E-state index in [0.717, 1.165) is 19.3 Å². The van der Waals surface area contributed by atoms with Crippen molar-refractivity contribution in [1.29, 1.82) is 0 Å². The molecule has 9 heteroatoms. The molecule has 0 aromatic heterocycles. The fraction of sp³-hybridized carbons (Fsp3) is 0.875. The van der Waals surface area contributed by atoms with Crippen molar-refractivity contribution in [2.45, 2.75) is 101 Å². The summed E-state index contributed by atoms with van der Waals surface area (Å²) in [6.45, 7) is 2.27. The highest BCUT2D eigenvalue weighted by atomic mass is 19.3. The molecule has 5 atom stereocenters. The molecule has 0 N–H and O–H groups in total. The van der Waals surface area contributed by atoms with Crippen LogP contribution in [0, 0.1) is 23.7 Å². The Morgan fingerprint density at radius 2 is 1.82 bits per heavy atom. The standard InChI is InChI=1S/C24H32F2O7/c1-3-24(33-21(29)22(2,25)26)15-6-13-7-16(24)11-23(9-13,10-15)30-12-19(27)31-17-5-4-14-8-18(17)32-20(14)28/h13-18H,3-12H2,1-2H3. The second kappa shape index (κ2) is 7.89. The first-order chi connectivity index (χ1) is 15.5. The van der Waals surface area contributed by atoms with Gasteiger partial charge in [-0.05, 0) is 57.3 Å². The Morgan fingerprint density at radius 1 is 1.12 bits per heavy atom. The number of ether oxygens (including phenoxy) is 4. The van der Waals surface area contributed by atoms with E-state index in [1.807, 2.05) is 6.92 Å². The molecule has 5 aliphatic carbocycles. The summed E-state index contributed by atoms with van der Waals surface area (Å²) in [5, 5.41) is 0. The maximum atomic E-state index is 13.6. The maximum Gasteiger partial charge on any atom is 0.377 e. The van der Waals surface area contributed by atoms with Gasteiger partial charge in [-0.2, -0.15) is 8.78 Å². The fourth-order valence-corrected chi connectivity index (χ4v) is 7.48. The van der Waals surface area contributed by atoms with Crippen LogP contribution in [0.25, 0.3) is 0 Å². The number of halogens is 2. The second-order valence-corrected chi connectivity index (χ2v) is 10.9. The van der Waals surface area contributed by atoms with Gasteiger partial charge < -0.3 is 18.9 Å². The summed E-state index contributed by atoms with van der Waals surface area (Å²) < 4.78 is 49.9. The molecule has 0 aromatic rings. The fourth-order valence-electron chi connectivity index (χ4n) is 7.48. The van der Waals surface area contributed by atoms with Crippen LogP contribution in [0.1, 0.15) is 71.6 Å².